The molecule has 6 rings (SSSR count). The van der Waals surface area contributed by atoms with Crippen LogP contribution in [-0.2, 0) is 26.2 Å². The number of imidazole rings is 2. The summed E-state index contributed by atoms with van der Waals surface area (Å²) in [6.45, 7) is 9.05. The predicted octanol–water partition coefficient (Wildman–Crippen LogP) is 11.4. The second-order valence-corrected chi connectivity index (χ2v) is 24.9. The number of hydrogen-bond donors (Lipinski definition) is 0. The lowest BCUT2D eigenvalue weighted by atomic mass is 10.2. The number of unbranched alkanes of at least 4 members (excludes halogenated alkanes) is 9. The Morgan fingerprint density at radius 3 is 0.983 bits per heavy atom. The van der Waals surface area contributed by atoms with E-state index in [9.17, 15) is 0 Å². The highest BCUT2D eigenvalue weighted by Crippen LogP contribution is 2.60. The largest absolute Gasteiger partial charge is 0.243 e. The van der Waals surface area contributed by atoms with Crippen molar-refractivity contribution >= 4 is 35.7 Å². The Morgan fingerprint density at radius 2 is 0.667 bits per heavy atom. The number of hydrogen-bond acceptors (Lipinski definition) is 0. The fourth-order valence-electron chi connectivity index (χ4n) is 9.32. The molecular formula is C54H76N4P2+4. The molecule has 0 atom stereocenters. The van der Waals surface area contributed by atoms with E-state index in [1.807, 2.05) is 0 Å². The molecule has 0 amide bonds. The summed E-state index contributed by atoms with van der Waals surface area (Å²) in [5, 5.41) is 6.40. The van der Waals surface area contributed by atoms with Gasteiger partial charge < -0.3 is 0 Å². The number of rotatable bonds is 29. The first-order chi connectivity index (χ1) is 29.6. The van der Waals surface area contributed by atoms with Gasteiger partial charge in [-0.25, -0.2) is 18.3 Å². The highest BCUT2D eigenvalue weighted by atomic mass is 31.2. The summed E-state index contributed by atoms with van der Waals surface area (Å²) in [4.78, 5) is 0. The Labute approximate surface area is 365 Å². The van der Waals surface area contributed by atoms with Crippen molar-refractivity contribution in [1.29, 1.82) is 0 Å². The normalized spacial score (nSPS) is 12.0. The van der Waals surface area contributed by atoms with Crippen LogP contribution >= 0.6 is 14.5 Å². The molecule has 0 aliphatic carbocycles. The standard InChI is InChI=1S/C54H76N4P2/c1-3-5-37-55-41-43-57(49-55)39-23-7-9-25-45-59(51-29-15-11-16-30-51,52-31-17-12-18-32-52)47-27-28-48-60(53-33-19-13-20-34-53,54-35-21-14-22-36-54)46-26-10-8-24-40-58-44-42-56(50-58)38-6-4-2/h11-22,29-36,41-44,49-50H,3-10,23-28,37-40,45-48H2,1-2H3/q+4. The molecule has 4 nitrogen and oxygen atoms in total. The van der Waals surface area contributed by atoms with Crippen LogP contribution in [0.4, 0.5) is 0 Å². The molecule has 0 saturated heterocycles. The van der Waals surface area contributed by atoms with Gasteiger partial charge in [-0.05, 0) is 126 Å². The Bertz CT molecular complexity index is 1780. The SMILES string of the molecule is CCCCn1cc[n+](CCCCCC[P+](CCCC[P+](CCCCCC[n+]2ccn(CCCC)c2)(c2ccccc2)c2ccccc2)(c2ccccc2)c2ccccc2)c1. The molecule has 0 fully saturated rings. The topological polar surface area (TPSA) is 17.6 Å². The zero-order chi connectivity index (χ0) is 41.6. The number of nitrogens with zero attached hydrogens (tertiary/aromatic N) is 4. The minimum absolute atomic E-state index is 1.12. The fraction of sp³-hybridized carbons (Fsp3) is 0.444. The highest BCUT2D eigenvalue weighted by molar-refractivity contribution is 7.90. The predicted molar refractivity (Wildman–Crippen MR) is 263 cm³/mol. The van der Waals surface area contributed by atoms with Gasteiger partial charge in [0.15, 0.2) is 0 Å². The van der Waals surface area contributed by atoms with Crippen molar-refractivity contribution in [1.82, 2.24) is 9.13 Å². The maximum atomic E-state index is 2.46. The Hall–Kier alpha value is -3.84. The van der Waals surface area contributed by atoms with Crippen LogP contribution < -0.4 is 30.4 Å². The van der Waals surface area contributed by atoms with Crippen LogP contribution in [0, 0.1) is 0 Å². The lowest BCUT2D eigenvalue weighted by molar-refractivity contribution is -0.697. The lowest BCUT2D eigenvalue weighted by Crippen LogP contribution is -2.31. The van der Waals surface area contributed by atoms with E-state index in [4.69, 9.17) is 0 Å². The minimum Gasteiger partial charge on any atom is -0.237 e. The summed E-state index contributed by atoms with van der Waals surface area (Å²) in [5.41, 5.74) is 0. The molecule has 0 aliphatic rings. The van der Waals surface area contributed by atoms with Gasteiger partial charge in [-0.3, -0.25) is 0 Å². The maximum Gasteiger partial charge on any atom is 0.243 e. The van der Waals surface area contributed by atoms with Gasteiger partial charge in [0.1, 0.15) is 24.8 Å². The van der Waals surface area contributed by atoms with Crippen molar-refractivity contribution in [3.63, 3.8) is 0 Å². The van der Waals surface area contributed by atoms with Gasteiger partial charge >= 0.3 is 0 Å². The Kier molecular flexibility index (Phi) is 19.2. The van der Waals surface area contributed by atoms with Crippen molar-refractivity contribution in [2.24, 2.45) is 0 Å². The second-order valence-electron chi connectivity index (χ2n) is 17.2. The minimum atomic E-state index is -1.60. The molecule has 6 aromatic rings. The first-order valence-electron chi connectivity index (χ1n) is 23.7. The monoisotopic (exact) mass is 843 g/mol. The molecule has 0 unspecified atom stereocenters. The van der Waals surface area contributed by atoms with Gasteiger partial charge in [0.05, 0.1) is 86.6 Å². The zero-order valence-electron chi connectivity index (χ0n) is 37.3. The highest BCUT2D eigenvalue weighted by Gasteiger charge is 2.44. The fourth-order valence-corrected chi connectivity index (χ4v) is 18.5. The molecule has 0 saturated carbocycles. The third-order valence-electron chi connectivity index (χ3n) is 12.8. The van der Waals surface area contributed by atoms with E-state index in [0.29, 0.717) is 0 Å². The molecule has 4 aromatic carbocycles. The molecule has 0 radical (unpaired) electrons. The van der Waals surface area contributed by atoms with Gasteiger partial charge in [-0.1, -0.05) is 99.5 Å². The summed E-state index contributed by atoms with van der Waals surface area (Å²) >= 11 is 0. The van der Waals surface area contributed by atoms with E-state index in [0.717, 1.165) is 26.2 Å². The summed E-state index contributed by atoms with van der Waals surface area (Å²) in [6.07, 6.45) is 36.7. The first kappa shape index (κ1) is 45.7. The van der Waals surface area contributed by atoms with Crippen LogP contribution in [0.5, 0.6) is 0 Å². The van der Waals surface area contributed by atoms with Crippen molar-refractivity contribution in [3.05, 3.63) is 159 Å². The number of benzene rings is 4. The van der Waals surface area contributed by atoms with Gasteiger partial charge in [-0.15, -0.1) is 0 Å². The van der Waals surface area contributed by atoms with Crippen LogP contribution in [0.15, 0.2) is 159 Å². The average Bonchev–Trinajstić information content (AvgIpc) is 3.97. The Balaban J connectivity index is 1.12. The quantitative estimate of drug-likeness (QED) is 0.0254. The van der Waals surface area contributed by atoms with E-state index in [-0.39, 0.29) is 0 Å². The van der Waals surface area contributed by atoms with E-state index >= 15 is 0 Å². The molecule has 6 heteroatoms. The molecule has 318 valence electrons. The van der Waals surface area contributed by atoms with Crippen molar-refractivity contribution in [2.45, 2.75) is 130 Å². The third kappa shape index (κ3) is 13.3. The van der Waals surface area contributed by atoms with E-state index < -0.39 is 14.5 Å². The van der Waals surface area contributed by atoms with Crippen LogP contribution in [-0.4, -0.2) is 33.8 Å². The lowest BCUT2D eigenvalue weighted by Gasteiger charge is -2.30. The van der Waals surface area contributed by atoms with Gasteiger partial charge in [-0.2, -0.15) is 0 Å². The van der Waals surface area contributed by atoms with Gasteiger partial charge in [0, 0.05) is 0 Å². The van der Waals surface area contributed by atoms with Crippen LogP contribution in [0.25, 0.3) is 0 Å². The molecule has 0 bridgehead atoms. The summed E-state index contributed by atoms with van der Waals surface area (Å²) in [7, 11) is -3.21. The molecule has 2 heterocycles. The molecule has 0 aliphatic heterocycles. The van der Waals surface area contributed by atoms with E-state index in [2.05, 4.69) is 191 Å². The van der Waals surface area contributed by atoms with Crippen LogP contribution in [0.2, 0.25) is 0 Å². The van der Waals surface area contributed by atoms with E-state index in [1.54, 1.807) is 21.2 Å². The number of aromatic nitrogens is 4. The molecule has 0 spiro atoms. The van der Waals surface area contributed by atoms with Gasteiger partial charge in [0.25, 0.3) is 0 Å². The van der Waals surface area contributed by atoms with Crippen LogP contribution in [0.1, 0.15) is 104 Å². The van der Waals surface area contributed by atoms with E-state index in [1.165, 1.54) is 115 Å². The average molecular weight is 843 g/mol. The third-order valence-corrected chi connectivity index (χ3v) is 22.2. The summed E-state index contributed by atoms with van der Waals surface area (Å²) < 4.78 is 9.48. The maximum absolute atomic E-state index is 2.46. The summed E-state index contributed by atoms with van der Waals surface area (Å²) in [6, 6.07) is 46.9. The molecular weight excluding hydrogens is 767 g/mol. The van der Waals surface area contributed by atoms with Crippen molar-refractivity contribution in [3.8, 4) is 0 Å². The molecule has 0 N–H and O–H groups in total. The van der Waals surface area contributed by atoms with Crippen molar-refractivity contribution < 1.29 is 9.13 Å². The second kappa shape index (κ2) is 25.2. The van der Waals surface area contributed by atoms with Crippen LogP contribution in [0.3, 0.4) is 0 Å². The Morgan fingerprint density at radius 1 is 0.367 bits per heavy atom. The zero-order valence-corrected chi connectivity index (χ0v) is 39.0. The number of aryl methyl sites for hydroxylation is 4. The van der Waals surface area contributed by atoms with Gasteiger partial charge in [0.2, 0.25) is 12.7 Å². The first-order valence-corrected chi connectivity index (χ1v) is 28.0. The smallest absolute Gasteiger partial charge is 0.237 e. The van der Waals surface area contributed by atoms with Crippen molar-refractivity contribution in [2.75, 3.05) is 24.6 Å². The summed E-state index contributed by atoms with van der Waals surface area (Å²) in [5.74, 6) is 0. The molecule has 2 aromatic heterocycles. The molecule has 60 heavy (non-hydrogen) atoms.